The van der Waals surface area contributed by atoms with Crippen molar-refractivity contribution < 1.29 is 128 Å². The Kier molecular flexibility index (Phi) is 38.7. The van der Waals surface area contributed by atoms with Crippen LogP contribution in [0.2, 0.25) is 0 Å². The molecule has 0 aromatic carbocycles. The van der Waals surface area contributed by atoms with Crippen LogP contribution in [-0.4, -0.2) is 367 Å². The van der Waals surface area contributed by atoms with Crippen LogP contribution in [-0.2, 0) is 130 Å². The number of carbonyl (C=O) groups is 6. The Balaban J connectivity index is 0.523. The number of fused-ring (bicyclic) bond motifs is 6. The van der Waals surface area contributed by atoms with Crippen LogP contribution in [0.1, 0.15) is 124 Å². The van der Waals surface area contributed by atoms with E-state index in [9.17, 15) is 42.3 Å². The molecule has 1 spiro atoms. The number of Topliss-reactive ketones (excluding diaryl/α,β-unsaturated/α-hetero) is 1. The molecule has 12 rings (SSSR count). The number of amides is 5. The summed E-state index contributed by atoms with van der Waals surface area (Å²) in [7, 11) is 1.94. The van der Waals surface area contributed by atoms with Gasteiger partial charge >= 0.3 is 0 Å². The Labute approximate surface area is 721 Å². The van der Waals surface area contributed by atoms with Gasteiger partial charge in [-0.05, 0) is 108 Å². The van der Waals surface area contributed by atoms with Gasteiger partial charge in [-0.25, -0.2) is 23.1 Å². The van der Waals surface area contributed by atoms with E-state index in [1.54, 1.807) is 31.8 Å². The number of aromatic nitrogens is 5. The normalized spacial score (nSPS) is 29.5. The lowest BCUT2D eigenvalue weighted by Crippen LogP contribution is -2.61. The fourth-order valence-corrected chi connectivity index (χ4v) is 17.9. The third-order valence-corrected chi connectivity index (χ3v) is 24.7. The maximum atomic E-state index is 14.6. The van der Waals surface area contributed by atoms with Crippen LogP contribution >= 0.6 is 0 Å². The van der Waals surface area contributed by atoms with E-state index in [2.05, 4.69) is 66.9 Å². The molecule has 12 heterocycles. The molecule has 0 aliphatic carbocycles. The Morgan fingerprint density at radius 1 is 0.642 bits per heavy atom. The molecule has 12 bridgehead atoms. The van der Waals surface area contributed by atoms with Crippen LogP contribution < -0.4 is 26.6 Å². The summed E-state index contributed by atoms with van der Waals surface area (Å²) in [6.07, 6.45) is 7.83. The van der Waals surface area contributed by atoms with Crippen molar-refractivity contribution in [2.75, 3.05) is 173 Å². The molecular weight excluding hydrogens is 1630 g/mol. The highest BCUT2D eigenvalue weighted by atomic mass is 32.2. The SMILES string of the molecule is C=C1C[C@@H]2CC[C@@]34CC5O[C@H]6[C@@H](O3)[C@H]3O[C@H](CC[C@@H]3O[C@H]6[C@H]5O4)CC(=O)C[C@@H]3[C@@H](OC)[C@@H](C[C@H](O)CNC(=O)CNC(=O)[C@H](CCCCN(C)C)NC(=O)[C@@H](NC(=O)COCC(=O)NCCOCCOCCOCCOCCOCCOCCOCCOCCn4cc(-c5cnc(S(C)(=O)=O)nc5)nn4)C(C)C)O[C@H]3C[C@H]3O[C@@H](CCC1O2)C[C@@H](C)C3=C. The minimum absolute atomic E-state index is 0.0179. The van der Waals surface area contributed by atoms with E-state index in [1.807, 2.05) is 19.0 Å². The second-order valence-electron chi connectivity index (χ2n) is 34.0. The molecule has 2 unspecified atom stereocenters. The fourth-order valence-electron chi connectivity index (χ4n) is 17.4. The van der Waals surface area contributed by atoms with Crippen LogP contribution in [0.5, 0.6) is 0 Å². The number of ether oxygens (including phenoxy) is 18. The molecule has 10 aliphatic rings. The molecule has 6 N–H and O–H groups in total. The molecule has 2 aromatic rings. The maximum Gasteiger partial charge on any atom is 0.246 e. The molecule has 10 aliphatic heterocycles. The zero-order valence-electron chi connectivity index (χ0n) is 72.5. The molecule has 10 saturated heterocycles. The summed E-state index contributed by atoms with van der Waals surface area (Å²) in [5.74, 6) is -4.62. The van der Waals surface area contributed by atoms with Gasteiger partial charge in [0.05, 0.1) is 192 Å². The molecule has 21 atom stereocenters. The highest BCUT2D eigenvalue weighted by molar-refractivity contribution is 7.90. The van der Waals surface area contributed by atoms with E-state index >= 15 is 0 Å². The van der Waals surface area contributed by atoms with Crippen molar-refractivity contribution in [1.82, 2.24) is 56.4 Å². The van der Waals surface area contributed by atoms with Gasteiger partial charge in [-0.15, -0.1) is 5.10 Å². The molecule has 10 fully saturated rings. The van der Waals surface area contributed by atoms with Crippen molar-refractivity contribution >= 4 is 45.2 Å². The van der Waals surface area contributed by atoms with Crippen LogP contribution in [0.4, 0.5) is 0 Å². The van der Waals surface area contributed by atoms with Gasteiger partial charge in [-0.2, -0.15) is 0 Å². The maximum absolute atomic E-state index is 14.6. The van der Waals surface area contributed by atoms with Gasteiger partial charge in [0, 0.05) is 88.9 Å². The highest BCUT2D eigenvalue weighted by Crippen LogP contribution is 2.55. The summed E-state index contributed by atoms with van der Waals surface area (Å²) < 4.78 is 136. The van der Waals surface area contributed by atoms with Crippen LogP contribution in [0.15, 0.2) is 48.1 Å². The van der Waals surface area contributed by atoms with Crippen molar-refractivity contribution in [3.8, 4) is 11.3 Å². The molecule has 38 nitrogen and oxygen atoms in total. The van der Waals surface area contributed by atoms with E-state index in [-0.39, 0.29) is 124 Å². The molecule has 5 amide bonds. The van der Waals surface area contributed by atoms with Gasteiger partial charge in [0.25, 0.3) is 0 Å². The Hall–Kier alpha value is -6.13. The Morgan fingerprint density at radius 3 is 1.92 bits per heavy atom. The fraction of sp³-hybridized carbons (Fsp3) is 0.810. The molecule has 0 radical (unpaired) electrons. The van der Waals surface area contributed by atoms with Crippen molar-refractivity contribution in [3.05, 3.63) is 42.9 Å². The minimum Gasteiger partial charge on any atom is -0.391 e. The standard InChI is InChI=1S/C84H133N11O27S/c1-52(2)74(91-73(100)51-114-50-72(99)85-19-22-106-24-26-108-28-30-110-32-34-112-36-37-113-35-33-111-31-29-109-27-25-107-23-21-95-49-64(92-93-95)56-45-88-83(89-46-56)123(9,103)104)82(102)90-63(12-10-11-20-94(6)7)81(101)87-48-71(98)86-47-58(97)42-69-75(105-8)62-41-57(96)40-60-14-16-66-76(117-60)80-79-78(119-66)77-70(120-79)44-84(121-77,122-80)18-17-61-39-54(4)65(115-61)15-13-59-38-53(3)55(5)67(116-59)43-68(62)118-69/h45-46,49,52-53,58-63,65-70,74-80,97H,4-5,10-44,47-48,50-51H2,1-3,6-9H3,(H,85,99)(H,86,98)(H,87,101)(H,90,102)(H,91,100)/t53-,58+,59+,60-,61+,62+,63+,65?,66+,67-,68+,69-,70?,74+,75-,76+,77+,78+,79-,80+,84+/m1/s1. The summed E-state index contributed by atoms with van der Waals surface area (Å²) in [6.45, 7) is 20.3. The number of rotatable bonds is 50. The van der Waals surface area contributed by atoms with Crippen LogP contribution in [0, 0.1) is 17.8 Å². The molecule has 39 heteroatoms. The van der Waals surface area contributed by atoms with Crippen molar-refractivity contribution in [2.45, 2.75) is 251 Å². The lowest BCUT2D eigenvalue weighted by Gasteiger charge is -2.47. The summed E-state index contributed by atoms with van der Waals surface area (Å²) in [5.41, 5.74) is 3.08. The van der Waals surface area contributed by atoms with E-state index in [0.29, 0.717) is 155 Å². The first-order valence-electron chi connectivity index (χ1n) is 43.8. The number of hydrogen-bond donors (Lipinski definition) is 6. The predicted octanol–water partition coefficient (Wildman–Crippen LogP) is 1.49. The molecule has 2 aromatic heterocycles. The van der Waals surface area contributed by atoms with Crippen LogP contribution in [0.25, 0.3) is 11.3 Å². The second-order valence-corrected chi connectivity index (χ2v) is 35.9. The summed E-state index contributed by atoms with van der Waals surface area (Å²) in [4.78, 5) is 91.5. The largest absolute Gasteiger partial charge is 0.391 e. The zero-order chi connectivity index (χ0) is 87.4. The number of unbranched alkanes of at least 4 members (excludes halogenated alkanes) is 1. The van der Waals surface area contributed by atoms with Crippen molar-refractivity contribution in [1.29, 1.82) is 0 Å². The lowest BCUT2D eigenvalue weighted by atomic mass is 9.81. The average Bonchev–Trinajstić information content (AvgIpc) is 1.55. The first-order valence-corrected chi connectivity index (χ1v) is 45.7. The van der Waals surface area contributed by atoms with Crippen LogP contribution in [0.3, 0.4) is 0 Å². The van der Waals surface area contributed by atoms with Gasteiger partial charge in [-0.1, -0.05) is 39.1 Å². The van der Waals surface area contributed by atoms with Gasteiger partial charge < -0.3 is 122 Å². The molecule has 123 heavy (non-hydrogen) atoms. The summed E-state index contributed by atoms with van der Waals surface area (Å²) >= 11 is 0. The third kappa shape index (κ3) is 29.7. The molecule has 0 saturated carbocycles. The number of hydrogen-bond acceptors (Lipinski definition) is 32. The van der Waals surface area contributed by atoms with E-state index in [1.165, 1.54) is 12.4 Å². The van der Waals surface area contributed by atoms with Crippen molar-refractivity contribution in [3.63, 3.8) is 0 Å². The molecule has 692 valence electrons. The predicted molar refractivity (Wildman–Crippen MR) is 439 cm³/mol. The number of ketones is 1. The first-order chi connectivity index (χ1) is 59.3. The zero-order valence-corrected chi connectivity index (χ0v) is 73.3. The quantitative estimate of drug-likeness (QED) is 0.0310. The first kappa shape index (κ1) is 97.5. The third-order valence-electron chi connectivity index (χ3n) is 23.8. The second kappa shape index (κ2) is 48.9. The minimum atomic E-state index is -3.49. The van der Waals surface area contributed by atoms with Crippen molar-refractivity contribution in [2.24, 2.45) is 17.8 Å². The lowest BCUT2D eigenvalue weighted by molar-refractivity contribution is -0.292. The van der Waals surface area contributed by atoms with E-state index in [0.717, 1.165) is 56.1 Å². The Morgan fingerprint density at radius 2 is 1.26 bits per heavy atom. The van der Waals surface area contributed by atoms with Gasteiger partial charge in [0.2, 0.25) is 44.5 Å². The highest BCUT2D eigenvalue weighted by Gasteiger charge is 2.69. The molecular formula is C84H133N11O27S. The number of aliphatic hydroxyl groups excluding tert-OH is 1. The van der Waals surface area contributed by atoms with Gasteiger partial charge in [0.15, 0.2) is 5.79 Å². The number of sulfone groups is 1. The number of carbonyl (C=O) groups excluding carboxylic acids is 6. The number of methoxy groups -OCH3 is 1. The monoisotopic (exact) mass is 1760 g/mol. The van der Waals surface area contributed by atoms with Gasteiger partial charge in [0.1, 0.15) is 67.3 Å². The number of nitrogens with zero attached hydrogens (tertiary/aromatic N) is 6. The summed E-state index contributed by atoms with van der Waals surface area (Å²) in [6, 6.07) is -2.18. The smallest absolute Gasteiger partial charge is 0.246 e. The average molecular weight is 1760 g/mol. The summed E-state index contributed by atoms with van der Waals surface area (Å²) in [5, 5.41) is 33.1. The van der Waals surface area contributed by atoms with Gasteiger partial charge in [-0.3, -0.25) is 28.8 Å². The topological polar surface area (TPSA) is 443 Å². The van der Waals surface area contributed by atoms with E-state index < -0.39 is 132 Å². The number of nitrogens with one attached hydrogen (secondary N) is 5. The Bertz CT molecular complexity index is 3800. The number of aliphatic hydroxyl groups is 1. The van der Waals surface area contributed by atoms with E-state index in [4.69, 9.17) is 85.3 Å².